The van der Waals surface area contributed by atoms with E-state index in [-0.39, 0.29) is 3.70 Å². The van der Waals surface area contributed by atoms with Crippen LogP contribution in [0.1, 0.15) is 6.23 Å². The molecule has 0 aromatic carbocycles. The number of hydrogen-bond donors (Lipinski definition) is 4. The summed E-state index contributed by atoms with van der Waals surface area (Å²) in [7, 11) is 0. The van der Waals surface area contributed by atoms with Gasteiger partial charge in [-0.25, -0.2) is 4.79 Å². The molecule has 2 rings (SSSR count). The van der Waals surface area contributed by atoms with E-state index in [0.717, 1.165) is 10.6 Å². The molecule has 1 fully saturated rings. The van der Waals surface area contributed by atoms with Gasteiger partial charge in [-0.3, -0.25) is 14.3 Å². The van der Waals surface area contributed by atoms with Crippen LogP contribution >= 0.6 is 22.6 Å². The van der Waals surface area contributed by atoms with Gasteiger partial charge in [0.15, 0.2) is 6.23 Å². The third kappa shape index (κ3) is 2.23. The van der Waals surface area contributed by atoms with Crippen LogP contribution in [0.15, 0.2) is 15.7 Å². The molecule has 0 amide bonds. The first kappa shape index (κ1) is 13.7. The maximum Gasteiger partial charge on any atom is 0.331 e. The molecule has 1 unspecified atom stereocenters. The lowest BCUT2D eigenvalue weighted by atomic mass is 10.1. The minimum Gasteiger partial charge on any atom is -0.394 e. The van der Waals surface area contributed by atoms with Gasteiger partial charge in [-0.15, -0.1) is 0 Å². The second kappa shape index (κ2) is 5.09. The van der Waals surface area contributed by atoms with Crippen molar-refractivity contribution in [1.82, 2.24) is 9.55 Å². The Balaban J connectivity index is 2.45. The molecule has 18 heavy (non-hydrogen) atoms. The standard InChI is InChI=1S/C9H11IN2O6/c10-4-1-5(14)11-9(17)12(4)8-7(16)6(15)3(2-13)18-8/h1,3,6-8,13,15-16H,2H2,(H,11,14,17)/t3-,6?,7+,8-/m1/s1. The summed E-state index contributed by atoms with van der Waals surface area (Å²) in [5, 5.41) is 28.3. The number of nitrogens with zero attached hydrogens (tertiary/aromatic N) is 1. The Bertz CT molecular complexity index is 555. The number of nitrogens with one attached hydrogen (secondary N) is 1. The second-order valence-corrected chi connectivity index (χ2v) is 4.97. The summed E-state index contributed by atoms with van der Waals surface area (Å²) in [6, 6.07) is 1.16. The van der Waals surface area contributed by atoms with E-state index >= 15 is 0 Å². The van der Waals surface area contributed by atoms with E-state index in [9.17, 15) is 19.8 Å². The van der Waals surface area contributed by atoms with Crippen molar-refractivity contribution < 1.29 is 20.1 Å². The zero-order valence-electron chi connectivity index (χ0n) is 8.99. The molecule has 0 aliphatic carbocycles. The van der Waals surface area contributed by atoms with Crippen molar-refractivity contribution in [2.24, 2.45) is 0 Å². The van der Waals surface area contributed by atoms with Gasteiger partial charge >= 0.3 is 5.69 Å². The minimum atomic E-state index is -1.36. The van der Waals surface area contributed by atoms with Crippen molar-refractivity contribution in [3.05, 3.63) is 30.6 Å². The highest BCUT2D eigenvalue weighted by molar-refractivity contribution is 14.1. The summed E-state index contributed by atoms with van der Waals surface area (Å²) in [6.45, 7) is -0.483. The van der Waals surface area contributed by atoms with Crippen LogP contribution in [0.4, 0.5) is 0 Å². The third-order valence-electron chi connectivity index (χ3n) is 2.70. The number of H-pyrrole nitrogens is 1. The number of ether oxygens (including phenoxy) is 1. The number of hydrogen-bond acceptors (Lipinski definition) is 6. The van der Waals surface area contributed by atoms with Crippen LogP contribution in [0.2, 0.25) is 0 Å². The number of aliphatic hydroxyl groups is 3. The molecule has 1 aromatic rings. The van der Waals surface area contributed by atoms with Gasteiger partial charge in [0.2, 0.25) is 0 Å². The molecule has 1 aliphatic rings. The van der Waals surface area contributed by atoms with Crippen LogP contribution in [-0.2, 0) is 4.74 Å². The highest BCUT2D eigenvalue weighted by atomic mass is 127. The Labute approximate surface area is 114 Å². The fraction of sp³-hybridized carbons (Fsp3) is 0.556. The normalized spacial score (nSPS) is 31.8. The Kier molecular flexibility index (Phi) is 3.87. The molecule has 1 aromatic heterocycles. The van der Waals surface area contributed by atoms with E-state index in [1.807, 2.05) is 4.98 Å². The lowest BCUT2D eigenvalue weighted by molar-refractivity contribution is -0.0562. The van der Waals surface area contributed by atoms with Gasteiger partial charge in [-0.05, 0) is 22.6 Å². The van der Waals surface area contributed by atoms with Gasteiger partial charge in [-0.2, -0.15) is 0 Å². The van der Waals surface area contributed by atoms with Gasteiger partial charge in [0.05, 0.1) is 10.3 Å². The molecule has 0 saturated carbocycles. The number of rotatable bonds is 2. The van der Waals surface area contributed by atoms with Crippen LogP contribution in [0, 0.1) is 3.70 Å². The van der Waals surface area contributed by atoms with Crippen molar-refractivity contribution in [1.29, 1.82) is 0 Å². The number of aromatic nitrogens is 2. The van der Waals surface area contributed by atoms with Gasteiger partial charge in [0, 0.05) is 6.07 Å². The average Bonchev–Trinajstić information content (AvgIpc) is 2.56. The molecule has 9 heteroatoms. The summed E-state index contributed by atoms with van der Waals surface area (Å²) in [5.41, 5.74) is -1.31. The number of halogens is 1. The summed E-state index contributed by atoms with van der Waals surface area (Å²) in [4.78, 5) is 24.8. The predicted molar refractivity (Wildman–Crippen MR) is 67.0 cm³/mol. The lowest BCUT2D eigenvalue weighted by Crippen LogP contribution is -2.39. The van der Waals surface area contributed by atoms with Crippen LogP contribution in [0.25, 0.3) is 0 Å². The highest BCUT2D eigenvalue weighted by Gasteiger charge is 2.44. The predicted octanol–water partition coefficient (Wildman–Crippen LogP) is -2.25. The molecule has 4 N–H and O–H groups in total. The molecule has 0 spiro atoms. The first-order chi connectivity index (χ1) is 8.45. The molecule has 0 radical (unpaired) electrons. The number of aromatic amines is 1. The van der Waals surface area contributed by atoms with Gasteiger partial charge < -0.3 is 20.1 Å². The van der Waals surface area contributed by atoms with E-state index in [4.69, 9.17) is 9.84 Å². The SMILES string of the molecule is O=c1cc(I)n([C@@H]2O[C@H](CO)C(O)[C@@H]2O)c(=O)[nH]1. The van der Waals surface area contributed by atoms with Crippen molar-refractivity contribution in [2.45, 2.75) is 24.5 Å². The zero-order valence-corrected chi connectivity index (χ0v) is 11.1. The van der Waals surface area contributed by atoms with Gasteiger partial charge in [0.1, 0.15) is 18.3 Å². The Morgan fingerprint density at radius 3 is 2.56 bits per heavy atom. The highest BCUT2D eigenvalue weighted by Crippen LogP contribution is 2.28. The fourth-order valence-electron chi connectivity index (χ4n) is 1.81. The zero-order chi connectivity index (χ0) is 13.4. The average molecular weight is 370 g/mol. The van der Waals surface area contributed by atoms with E-state index < -0.39 is 42.4 Å². The molecule has 4 atom stereocenters. The number of aliphatic hydroxyl groups excluding tert-OH is 3. The Morgan fingerprint density at radius 2 is 2.06 bits per heavy atom. The largest absolute Gasteiger partial charge is 0.394 e. The quantitative estimate of drug-likeness (QED) is 0.345. The first-order valence-electron chi connectivity index (χ1n) is 5.09. The second-order valence-electron chi connectivity index (χ2n) is 3.86. The molecule has 8 nitrogen and oxygen atoms in total. The molecular weight excluding hydrogens is 359 g/mol. The summed E-state index contributed by atoms with van der Waals surface area (Å²) < 4.78 is 6.49. The van der Waals surface area contributed by atoms with Crippen LogP contribution in [-0.4, -0.2) is 49.8 Å². The monoisotopic (exact) mass is 370 g/mol. The summed E-state index contributed by atoms with van der Waals surface area (Å²) in [5.74, 6) is 0. The minimum absolute atomic E-state index is 0.260. The molecule has 1 saturated heterocycles. The van der Waals surface area contributed by atoms with Crippen LogP contribution < -0.4 is 11.2 Å². The lowest BCUT2D eigenvalue weighted by Gasteiger charge is -2.18. The van der Waals surface area contributed by atoms with E-state index in [1.54, 1.807) is 22.6 Å². The van der Waals surface area contributed by atoms with Crippen molar-refractivity contribution in [2.75, 3.05) is 6.61 Å². The third-order valence-corrected chi connectivity index (χ3v) is 3.53. The molecule has 100 valence electrons. The Hall–Kier alpha value is -0.750. The van der Waals surface area contributed by atoms with E-state index in [1.165, 1.54) is 0 Å². The smallest absolute Gasteiger partial charge is 0.331 e. The van der Waals surface area contributed by atoms with Gasteiger partial charge in [-0.1, -0.05) is 0 Å². The van der Waals surface area contributed by atoms with Crippen LogP contribution in [0.5, 0.6) is 0 Å². The molecule has 0 bridgehead atoms. The van der Waals surface area contributed by atoms with Crippen molar-refractivity contribution >= 4 is 22.6 Å². The topological polar surface area (TPSA) is 125 Å². The maximum atomic E-state index is 11.7. The van der Waals surface area contributed by atoms with Crippen molar-refractivity contribution in [3.8, 4) is 0 Å². The van der Waals surface area contributed by atoms with Crippen molar-refractivity contribution in [3.63, 3.8) is 0 Å². The van der Waals surface area contributed by atoms with E-state index in [0.29, 0.717) is 0 Å². The van der Waals surface area contributed by atoms with Gasteiger partial charge in [0.25, 0.3) is 5.56 Å². The van der Waals surface area contributed by atoms with E-state index in [2.05, 4.69) is 0 Å². The summed E-state index contributed by atoms with van der Waals surface area (Å²) in [6.07, 6.45) is -4.78. The Morgan fingerprint density at radius 1 is 1.39 bits per heavy atom. The molecule has 1 aliphatic heterocycles. The molecular formula is C9H11IN2O6. The molecule has 2 heterocycles. The first-order valence-corrected chi connectivity index (χ1v) is 6.17. The van der Waals surface area contributed by atoms with Crippen LogP contribution in [0.3, 0.4) is 0 Å². The fourth-order valence-corrected chi connectivity index (χ4v) is 2.58. The summed E-state index contributed by atoms with van der Waals surface area (Å²) >= 11 is 1.75. The maximum absolute atomic E-state index is 11.7.